The molecule has 0 bridgehead atoms. The van der Waals surface area contributed by atoms with Crippen molar-refractivity contribution in [3.05, 3.63) is 47.4 Å². The van der Waals surface area contributed by atoms with Crippen molar-refractivity contribution in [1.29, 1.82) is 0 Å². The van der Waals surface area contributed by atoms with Gasteiger partial charge in [-0.1, -0.05) is 30.9 Å². The fraction of sp³-hybridized carbons (Fsp3) is 0.400. The molecule has 1 aromatic carbocycles. The monoisotopic (exact) mass is 425 g/mol. The Morgan fingerprint density at radius 3 is 2.50 bits per heavy atom. The number of nitrogens with two attached hydrogens (primary N) is 1. The quantitative estimate of drug-likeness (QED) is 0.616. The van der Waals surface area contributed by atoms with Gasteiger partial charge in [0.2, 0.25) is 5.91 Å². The third-order valence-electron chi connectivity index (χ3n) is 5.13. The van der Waals surface area contributed by atoms with Crippen LogP contribution in [0, 0.1) is 5.41 Å². The molecule has 3 rings (SSSR count). The summed E-state index contributed by atoms with van der Waals surface area (Å²) < 4.78 is 5.10. The molecule has 152 valence electrons. The van der Waals surface area contributed by atoms with E-state index < -0.39 is 5.91 Å². The van der Waals surface area contributed by atoms with Crippen molar-refractivity contribution in [3.63, 3.8) is 0 Å². The number of hydrogen-bond donors (Lipinski definition) is 3. The zero-order valence-electron chi connectivity index (χ0n) is 15.5. The van der Waals surface area contributed by atoms with E-state index in [9.17, 15) is 9.59 Å². The van der Waals surface area contributed by atoms with Crippen molar-refractivity contribution in [2.24, 2.45) is 11.1 Å². The van der Waals surface area contributed by atoms with Crippen LogP contribution in [-0.4, -0.2) is 18.4 Å². The lowest BCUT2D eigenvalue weighted by atomic mass is 9.71. The first-order valence-corrected chi connectivity index (χ1v) is 9.53. The zero-order valence-corrected chi connectivity index (χ0v) is 17.1. The lowest BCUT2D eigenvalue weighted by Crippen LogP contribution is -2.36. The van der Waals surface area contributed by atoms with Gasteiger partial charge < -0.3 is 20.8 Å². The molecule has 1 aliphatic carbocycles. The SMILES string of the molecule is Cl.NCC1(CC(=O)Nc2ccc(Cl)cc2NC(=O)c2ccco2)CCCCC1. The van der Waals surface area contributed by atoms with Crippen molar-refractivity contribution in [3.8, 4) is 0 Å². The van der Waals surface area contributed by atoms with Crippen molar-refractivity contribution in [2.45, 2.75) is 38.5 Å². The highest BCUT2D eigenvalue weighted by atomic mass is 35.5. The number of rotatable bonds is 6. The van der Waals surface area contributed by atoms with E-state index in [4.69, 9.17) is 21.8 Å². The Balaban J connectivity index is 0.00000280. The van der Waals surface area contributed by atoms with Crippen LogP contribution in [-0.2, 0) is 4.79 Å². The van der Waals surface area contributed by atoms with Gasteiger partial charge in [0.15, 0.2) is 5.76 Å². The van der Waals surface area contributed by atoms with E-state index in [1.54, 1.807) is 30.3 Å². The normalized spacial score (nSPS) is 15.4. The first kappa shape index (κ1) is 22.3. The van der Waals surface area contributed by atoms with Gasteiger partial charge in [0.05, 0.1) is 17.6 Å². The van der Waals surface area contributed by atoms with Gasteiger partial charge in [-0.15, -0.1) is 12.4 Å². The van der Waals surface area contributed by atoms with Crippen LogP contribution in [0.1, 0.15) is 49.1 Å². The molecule has 1 fully saturated rings. The molecule has 2 aromatic rings. The largest absolute Gasteiger partial charge is 0.459 e. The molecule has 0 spiro atoms. The fourth-order valence-corrected chi connectivity index (χ4v) is 3.78. The second-order valence-corrected chi connectivity index (χ2v) is 7.55. The number of nitrogens with one attached hydrogen (secondary N) is 2. The lowest BCUT2D eigenvalue weighted by Gasteiger charge is -2.35. The van der Waals surface area contributed by atoms with Gasteiger partial charge in [0.1, 0.15) is 0 Å². The molecule has 0 atom stereocenters. The van der Waals surface area contributed by atoms with E-state index >= 15 is 0 Å². The fourth-order valence-electron chi connectivity index (χ4n) is 3.61. The lowest BCUT2D eigenvalue weighted by molar-refractivity contribution is -0.118. The molecule has 0 radical (unpaired) electrons. The standard InChI is InChI=1S/C20H24ClN3O3.ClH/c21-14-6-7-15(16(11-14)24-19(26)17-5-4-10-27-17)23-18(25)12-20(13-22)8-2-1-3-9-20;/h4-7,10-11H,1-3,8-9,12-13,22H2,(H,23,25)(H,24,26);1H. The minimum Gasteiger partial charge on any atom is -0.459 e. The summed E-state index contributed by atoms with van der Waals surface area (Å²) in [4.78, 5) is 24.9. The Bertz CT molecular complexity index is 803. The minimum absolute atomic E-state index is 0. The zero-order chi connectivity index (χ0) is 19.3. The minimum atomic E-state index is -0.413. The summed E-state index contributed by atoms with van der Waals surface area (Å²) in [5, 5.41) is 6.08. The number of hydrogen-bond acceptors (Lipinski definition) is 4. The summed E-state index contributed by atoms with van der Waals surface area (Å²) in [6.45, 7) is 0.503. The van der Waals surface area contributed by atoms with E-state index in [2.05, 4.69) is 10.6 Å². The molecular weight excluding hydrogens is 401 g/mol. The number of carbonyl (C=O) groups excluding carboxylic acids is 2. The van der Waals surface area contributed by atoms with Gasteiger partial charge in [-0.25, -0.2) is 0 Å². The molecule has 1 saturated carbocycles. The maximum Gasteiger partial charge on any atom is 0.291 e. The molecule has 28 heavy (non-hydrogen) atoms. The molecule has 1 aromatic heterocycles. The molecule has 0 aliphatic heterocycles. The molecule has 1 aliphatic rings. The van der Waals surface area contributed by atoms with Crippen molar-refractivity contribution in [1.82, 2.24) is 0 Å². The summed E-state index contributed by atoms with van der Waals surface area (Å²) in [5.74, 6) is -0.349. The second-order valence-electron chi connectivity index (χ2n) is 7.11. The Kier molecular flexibility index (Phi) is 7.92. The molecular formula is C20H25Cl2N3O3. The van der Waals surface area contributed by atoms with Crippen LogP contribution in [0.25, 0.3) is 0 Å². The first-order valence-electron chi connectivity index (χ1n) is 9.16. The molecule has 8 heteroatoms. The number of amides is 2. The summed E-state index contributed by atoms with van der Waals surface area (Å²) in [7, 11) is 0. The Labute approximate surface area is 175 Å². The smallest absolute Gasteiger partial charge is 0.291 e. The van der Waals surface area contributed by atoms with Gasteiger partial charge in [0.25, 0.3) is 5.91 Å². The third kappa shape index (κ3) is 5.50. The van der Waals surface area contributed by atoms with Crippen LogP contribution in [0.5, 0.6) is 0 Å². The van der Waals surface area contributed by atoms with Gasteiger partial charge in [0, 0.05) is 11.4 Å². The van der Waals surface area contributed by atoms with Crippen LogP contribution in [0.4, 0.5) is 11.4 Å². The summed E-state index contributed by atoms with van der Waals surface area (Å²) in [6, 6.07) is 8.13. The first-order chi connectivity index (χ1) is 13.0. The molecule has 0 saturated heterocycles. The van der Waals surface area contributed by atoms with Crippen LogP contribution >= 0.6 is 24.0 Å². The van der Waals surface area contributed by atoms with E-state index in [0.29, 0.717) is 29.4 Å². The second kappa shape index (κ2) is 9.96. The van der Waals surface area contributed by atoms with Gasteiger partial charge in [-0.2, -0.15) is 0 Å². The predicted molar refractivity (Wildman–Crippen MR) is 113 cm³/mol. The summed E-state index contributed by atoms with van der Waals surface area (Å²) in [6.07, 6.45) is 7.15. The van der Waals surface area contributed by atoms with Crippen molar-refractivity contribution >= 4 is 47.2 Å². The number of halogens is 2. The van der Waals surface area contributed by atoms with Crippen LogP contribution in [0.2, 0.25) is 5.02 Å². The Morgan fingerprint density at radius 1 is 1.11 bits per heavy atom. The average Bonchev–Trinajstić information content (AvgIpc) is 3.19. The van der Waals surface area contributed by atoms with Crippen LogP contribution in [0.3, 0.4) is 0 Å². The maximum absolute atomic E-state index is 12.7. The van der Waals surface area contributed by atoms with E-state index in [0.717, 1.165) is 25.7 Å². The highest BCUT2D eigenvalue weighted by Crippen LogP contribution is 2.39. The number of anilines is 2. The van der Waals surface area contributed by atoms with Crippen LogP contribution < -0.4 is 16.4 Å². The summed E-state index contributed by atoms with van der Waals surface area (Å²) in [5.41, 5.74) is 6.76. The molecule has 4 N–H and O–H groups in total. The highest BCUT2D eigenvalue weighted by Gasteiger charge is 2.33. The molecule has 6 nitrogen and oxygen atoms in total. The van der Waals surface area contributed by atoms with E-state index in [1.165, 1.54) is 12.7 Å². The predicted octanol–water partition coefficient (Wildman–Crippen LogP) is 4.84. The third-order valence-corrected chi connectivity index (χ3v) is 5.37. The van der Waals surface area contributed by atoms with Gasteiger partial charge in [-0.05, 0) is 55.1 Å². The van der Waals surface area contributed by atoms with Gasteiger partial charge in [-0.3, -0.25) is 9.59 Å². The van der Waals surface area contributed by atoms with Crippen LogP contribution in [0.15, 0.2) is 41.0 Å². The topological polar surface area (TPSA) is 97.4 Å². The Morgan fingerprint density at radius 2 is 1.86 bits per heavy atom. The van der Waals surface area contributed by atoms with Crippen molar-refractivity contribution in [2.75, 3.05) is 17.2 Å². The summed E-state index contributed by atoms with van der Waals surface area (Å²) >= 11 is 6.06. The van der Waals surface area contributed by atoms with Crippen molar-refractivity contribution < 1.29 is 14.0 Å². The van der Waals surface area contributed by atoms with E-state index in [-0.39, 0.29) is 29.5 Å². The van der Waals surface area contributed by atoms with Gasteiger partial charge >= 0.3 is 0 Å². The Hall–Kier alpha value is -2.02. The maximum atomic E-state index is 12.7. The molecule has 2 amide bonds. The number of benzene rings is 1. The average molecular weight is 426 g/mol. The number of carbonyl (C=O) groups is 2. The van der Waals surface area contributed by atoms with E-state index in [1.807, 2.05) is 0 Å². The molecule has 0 unspecified atom stereocenters. The number of furan rings is 1. The molecule has 1 heterocycles. The highest BCUT2D eigenvalue weighted by molar-refractivity contribution is 6.31.